The molecule has 0 fully saturated rings. The molecule has 2 rings (SSSR count). The van der Waals surface area contributed by atoms with Gasteiger partial charge in [0.2, 0.25) is 0 Å². The van der Waals surface area contributed by atoms with Gasteiger partial charge in [-0.15, -0.1) is 0 Å². The van der Waals surface area contributed by atoms with Gasteiger partial charge >= 0.3 is 5.97 Å². The molecule has 0 aliphatic heterocycles. The summed E-state index contributed by atoms with van der Waals surface area (Å²) in [5.41, 5.74) is 0.00480. The number of pyridine rings is 1. The molecule has 0 aliphatic rings. The molecular formula is C12H12N2O4. The Balaban J connectivity index is 2.70. The highest BCUT2D eigenvalue weighted by molar-refractivity contribution is 5.88. The Kier molecular flexibility index (Phi) is 3.01. The first kappa shape index (κ1) is 12.1. The fourth-order valence-corrected chi connectivity index (χ4v) is 1.57. The summed E-state index contributed by atoms with van der Waals surface area (Å²) < 4.78 is 5.88. The van der Waals surface area contributed by atoms with E-state index in [0.717, 1.165) is 10.6 Å². The van der Waals surface area contributed by atoms with Gasteiger partial charge in [0.25, 0.3) is 5.56 Å². The van der Waals surface area contributed by atoms with E-state index in [1.165, 1.54) is 6.20 Å². The van der Waals surface area contributed by atoms with Crippen molar-refractivity contribution < 1.29 is 14.6 Å². The van der Waals surface area contributed by atoms with Crippen molar-refractivity contribution in [3.63, 3.8) is 0 Å². The number of aromatic hydroxyl groups is 1. The first-order valence-electron chi connectivity index (χ1n) is 5.43. The number of hydrogen-bond donors (Lipinski definition) is 1. The predicted octanol–water partition coefficient (Wildman–Crippen LogP) is 0.885. The topological polar surface area (TPSA) is 80.9 Å². The molecule has 2 aromatic rings. The van der Waals surface area contributed by atoms with Gasteiger partial charge in [0.15, 0.2) is 11.4 Å². The van der Waals surface area contributed by atoms with Crippen molar-refractivity contribution in [2.24, 2.45) is 0 Å². The minimum Gasteiger partial charge on any atom is -0.504 e. The lowest BCUT2D eigenvalue weighted by Gasteiger charge is -2.06. The van der Waals surface area contributed by atoms with Crippen LogP contribution in [0.5, 0.6) is 5.75 Å². The quantitative estimate of drug-likeness (QED) is 0.798. The van der Waals surface area contributed by atoms with Crippen LogP contribution in [0.25, 0.3) is 5.65 Å². The first-order chi connectivity index (χ1) is 8.56. The van der Waals surface area contributed by atoms with Gasteiger partial charge in [-0.05, 0) is 25.5 Å². The molecule has 6 nitrogen and oxygen atoms in total. The molecule has 0 radical (unpaired) electrons. The van der Waals surface area contributed by atoms with Gasteiger partial charge in [-0.1, -0.05) is 0 Å². The fraction of sp³-hybridized carbons (Fsp3) is 0.250. The van der Waals surface area contributed by atoms with Crippen molar-refractivity contribution in [1.29, 1.82) is 0 Å². The van der Waals surface area contributed by atoms with E-state index in [1.807, 2.05) is 0 Å². The molecule has 2 aromatic heterocycles. The van der Waals surface area contributed by atoms with E-state index in [9.17, 15) is 14.7 Å². The Morgan fingerprint density at radius 3 is 2.94 bits per heavy atom. The molecule has 0 saturated carbocycles. The van der Waals surface area contributed by atoms with Crippen LogP contribution in [0.2, 0.25) is 0 Å². The molecule has 6 heteroatoms. The Morgan fingerprint density at radius 2 is 2.28 bits per heavy atom. The zero-order valence-corrected chi connectivity index (χ0v) is 10.0. The monoisotopic (exact) mass is 248 g/mol. The Labute approximate surface area is 102 Å². The van der Waals surface area contributed by atoms with Gasteiger partial charge < -0.3 is 9.84 Å². The maximum atomic E-state index is 12.0. The molecular weight excluding hydrogens is 236 g/mol. The summed E-state index contributed by atoms with van der Waals surface area (Å²) >= 11 is 0. The minimum absolute atomic E-state index is 0.0787. The van der Waals surface area contributed by atoms with E-state index in [0.29, 0.717) is 5.56 Å². The van der Waals surface area contributed by atoms with Crippen molar-refractivity contribution >= 4 is 11.6 Å². The number of carbonyl (C=O) groups excluding carboxylic acids is 1. The zero-order chi connectivity index (χ0) is 13.3. The molecule has 0 saturated heterocycles. The van der Waals surface area contributed by atoms with Gasteiger partial charge in [0.05, 0.1) is 6.61 Å². The number of nitrogens with zero attached hydrogens (tertiary/aromatic N) is 2. The lowest BCUT2D eigenvalue weighted by atomic mass is 10.2. The number of aromatic nitrogens is 2. The summed E-state index contributed by atoms with van der Waals surface area (Å²) in [6, 6.07) is 1.57. The van der Waals surface area contributed by atoms with Gasteiger partial charge in [0.1, 0.15) is 5.56 Å². The SMILES string of the molecule is CCOC(=O)c1cnc2c(O)c(C)ccn2c1=O. The van der Waals surface area contributed by atoms with E-state index in [1.54, 1.807) is 19.9 Å². The molecule has 2 heterocycles. The summed E-state index contributed by atoms with van der Waals surface area (Å²) in [4.78, 5) is 27.5. The molecule has 0 atom stereocenters. The van der Waals surface area contributed by atoms with Crippen molar-refractivity contribution in [3.8, 4) is 5.75 Å². The van der Waals surface area contributed by atoms with E-state index in [2.05, 4.69) is 4.98 Å². The highest BCUT2D eigenvalue weighted by Crippen LogP contribution is 2.19. The number of rotatable bonds is 2. The van der Waals surface area contributed by atoms with Crippen molar-refractivity contribution in [3.05, 3.63) is 39.9 Å². The molecule has 0 amide bonds. The van der Waals surface area contributed by atoms with Gasteiger partial charge in [0, 0.05) is 12.4 Å². The largest absolute Gasteiger partial charge is 0.504 e. The third-order valence-electron chi connectivity index (χ3n) is 2.55. The summed E-state index contributed by atoms with van der Waals surface area (Å²) in [5, 5.41) is 9.78. The van der Waals surface area contributed by atoms with Crippen LogP contribution in [0.15, 0.2) is 23.3 Å². The second kappa shape index (κ2) is 4.48. The normalized spacial score (nSPS) is 10.6. The number of carbonyl (C=O) groups is 1. The predicted molar refractivity (Wildman–Crippen MR) is 63.8 cm³/mol. The average molecular weight is 248 g/mol. The van der Waals surface area contributed by atoms with Crippen LogP contribution in [-0.4, -0.2) is 27.1 Å². The third kappa shape index (κ3) is 1.81. The molecule has 94 valence electrons. The average Bonchev–Trinajstić information content (AvgIpc) is 2.34. The number of hydrogen-bond acceptors (Lipinski definition) is 5. The van der Waals surface area contributed by atoms with Crippen LogP contribution >= 0.6 is 0 Å². The first-order valence-corrected chi connectivity index (χ1v) is 5.43. The summed E-state index contributed by atoms with van der Waals surface area (Å²) in [6.07, 6.45) is 2.58. The Bertz CT molecular complexity index is 676. The van der Waals surface area contributed by atoms with E-state index >= 15 is 0 Å². The third-order valence-corrected chi connectivity index (χ3v) is 2.55. The summed E-state index contributed by atoms with van der Waals surface area (Å²) in [7, 11) is 0. The Hall–Kier alpha value is -2.37. The molecule has 0 bridgehead atoms. The van der Waals surface area contributed by atoms with Crippen LogP contribution < -0.4 is 5.56 Å². The maximum absolute atomic E-state index is 12.0. The van der Waals surface area contributed by atoms with E-state index in [-0.39, 0.29) is 23.6 Å². The highest BCUT2D eigenvalue weighted by Gasteiger charge is 2.15. The van der Waals surface area contributed by atoms with Gasteiger partial charge in [-0.2, -0.15) is 0 Å². The summed E-state index contributed by atoms with van der Waals surface area (Å²) in [5.74, 6) is -0.797. The molecule has 0 unspecified atom stereocenters. The van der Waals surface area contributed by atoms with Gasteiger partial charge in [-0.3, -0.25) is 9.20 Å². The van der Waals surface area contributed by atoms with E-state index in [4.69, 9.17) is 4.74 Å². The van der Waals surface area contributed by atoms with Crippen LogP contribution in [0.3, 0.4) is 0 Å². The number of aryl methyl sites for hydroxylation is 1. The molecule has 0 aliphatic carbocycles. The molecule has 1 N–H and O–H groups in total. The van der Waals surface area contributed by atoms with E-state index < -0.39 is 11.5 Å². The van der Waals surface area contributed by atoms with Crippen LogP contribution in [0.4, 0.5) is 0 Å². The smallest absolute Gasteiger partial charge is 0.345 e. The van der Waals surface area contributed by atoms with Gasteiger partial charge in [-0.25, -0.2) is 9.78 Å². The second-order valence-corrected chi connectivity index (χ2v) is 3.74. The van der Waals surface area contributed by atoms with Crippen molar-refractivity contribution in [2.45, 2.75) is 13.8 Å². The number of ether oxygens (including phenoxy) is 1. The maximum Gasteiger partial charge on any atom is 0.345 e. The second-order valence-electron chi connectivity index (χ2n) is 3.74. The zero-order valence-electron chi connectivity index (χ0n) is 10.0. The summed E-state index contributed by atoms with van der Waals surface area (Å²) in [6.45, 7) is 3.53. The van der Waals surface area contributed by atoms with Crippen LogP contribution in [0.1, 0.15) is 22.8 Å². The van der Waals surface area contributed by atoms with Crippen LogP contribution in [0, 0.1) is 6.92 Å². The molecule has 18 heavy (non-hydrogen) atoms. The van der Waals surface area contributed by atoms with Crippen molar-refractivity contribution in [2.75, 3.05) is 6.61 Å². The fourth-order valence-electron chi connectivity index (χ4n) is 1.57. The minimum atomic E-state index is -0.718. The number of fused-ring (bicyclic) bond motifs is 1. The molecule has 0 spiro atoms. The lowest BCUT2D eigenvalue weighted by Crippen LogP contribution is -2.24. The van der Waals surface area contributed by atoms with Crippen molar-refractivity contribution in [1.82, 2.24) is 9.38 Å². The Morgan fingerprint density at radius 1 is 1.56 bits per heavy atom. The van der Waals surface area contributed by atoms with Crippen LogP contribution in [-0.2, 0) is 4.74 Å². The highest BCUT2D eigenvalue weighted by atomic mass is 16.5. The lowest BCUT2D eigenvalue weighted by molar-refractivity contribution is 0.0523. The number of esters is 1. The standard InChI is InChI=1S/C12H12N2O4/c1-3-18-12(17)8-6-13-10-9(15)7(2)4-5-14(10)11(8)16/h4-6,15H,3H2,1-2H3. The molecule has 0 aromatic carbocycles.